The van der Waals surface area contributed by atoms with Crippen molar-refractivity contribution in [2.24, 2.45) is 5.73 Å². The van der Waals surface area contributed by atoms with Crippen molar-refractivity contribution in [1.29, 1.82) is 5.41 Å². The van der Waals surface area contributed by atoms with Crippen LogP contribution in [0.15, 0.2) is 23.4 Å². The Bertz CT molecular complexity index is 227. The number of hydrogen-bond acceptors (Lipinski definition) is 3. The number of rotatable bonds is 7. The van der Waals surface area contributed by atoms with E-state index in [0.29, 0.717) is 6.61 Å². The molecule has 0 fully saturated rings. The van der Waals surface area contributed by atoms with Crippen LogP contribution in [0.5, 0.6) is 0 Å². The van der Waals surface area contributed by atoms with Crippen LogP contribution in [0.4, 0.5) is 0 Å². The van der Waals surface area contributed by atoms with Crippen molar-refractivity contribution in [2.45, 2.75) is 33.1 Å². The van der Waals surface area contributed by atoms with E-state index < -0.39 is 0 Å². The molecule has 0 atom stereocenters. The SMILES string of the molecule is C=C(CCC)C/C(COC=N)=C(\C)N. The summed E-state index contributed by atoms with van der Waals surface area (Å²) in [6.45, 7) is 8.34. The highest BCUT2D eigenvalue weighted by molar-refractivity contribution is 5.41. The van der Waals surface area contributed by atoms with Gasteiger partial charge in [0.1, 0.15) is 6.61 Å². The first-order valence-electron chi connectivity index (χ1n) is 4.83. The number of ether oxygens (including phenoxy) is 1. The molecule has 0 rings (SSSR count). The number of hydrogen-bond donors (Lipinski definition) is 2. The fraction of sp³-hybridized carbons (Fsp3) is 0.545. The fourth-order valence-corrected chi connectivity index (χ4v) is 1.19. The molecule has 0 spiro atoms. The summed E-state index contributed by atoms with van der Waals surface area (Å²) in [6, 6.07) is 0. The maximum Gasteiger partial charge on any atom is 0.167 e. The van der Waals surface area contributed by atoms with Crippen molar-refractivity contribution in [2.75, 3.05) is 6.61 Å². The average molecular weight is 196 g/mol. The predicted octanol–water partition coefficient (Wildman–Crippen LogP) is 2.59. The van der Waals surface area contributed by atoms with Crippen LogP contribution in [-0.4, -0.2) is 13.0 Å². The topological polar surface area (TPSA) is 59.1 Å². The van der Waals surface area contributed by atoms with Gasteiger partial charge in [-0.2, -0.15) is 0 Å². The van der Waals surface area contributed by atoms with Gasteiger partial charge < -0.3 is 10.5 Å². The Balaban J connectivity index is 4.18. The minimum atomic E-state index is 0.397. The summed E-state index contributed by atoms with van der Waals surface area (Å²) in [5.41, 5.74) is 8.66. The molecule has 0 aliphatic carbocycles. The molecule has 0 radical (unpaired) electrons. The highest BCUT2D eigenvalue weighted by Crippen LogP contribution is 2.15. The molecule has 14 heavy (non-hydrogen) atoms. The fourth-order valence-electron chi connectivity index (χ4n) is 1.19. The van der Waals surface area contributed by atoms with Crippen LogP contribution in [0.2, 0.25) is 0 Å². The highest BCUT2D eigenvalue weighted by atomic mass is 16.5. The molecule has 0 aromatic carbocycles. The second-order valence-electron chi connectivity index (χ2n) is 3.39. The normalized spacial score (nSPS) is 11.9. The molecule has 0 aliphatic heterocycles. The molecule has 0 heterocycles. The van der Waals surface area contributed by atoms with E-state index >= 15 is 0 Å². The first-order chi connectivity index (χ1) is 6.61. The lowest BCUT2D eigenvalue weighted by molar-refractivity contribution is 0.348. The lowest BCUT2D eigenvalue weighted by Gasteiger charge is -2.10. The summed E-state index contributed by atoms with van der Waals surface area (Å²) >= 11 is 0. The van der Waals surface area contributed by atoms with E-state index in [4.69, 9.17) is 15.9 Å². The van der Waals surface area contributed by atoms with Crippen molar-refractivity contribution in [3.63, 3.8) is 0 Å². The molecule has 80 valence electrons. The summed E-state index contributed by atoms with van der Waals surface area (Å²) in [6.07, 6.45) is 3.83. The van der Waals surface area contributed by atoms with E-state index in [0.717, 1.165) is 36.9 Å². The van der Waals surface area contributed by atoms with Gasteiger partial charge in [-0.1, -0.05) is 25.5 Å². The molecule has 0 aromatic rings. The molecular formula is C11H20N2O. The second-order valence-corrected chi connectivity index (χ2v) is 3.39. The monoisotopic (exact) mass is 196 g/mol. The van der Waals surface area contributed by atoms with Crippen LogP contribution in [-0.2, 0) is 4.74 Å². The van der Waals surface area contributed by atoms with Gasteiger partial charge in [0, 0.05) is 5.70 Å². The summed E-state index contributed by atoms with van der Waals surface area (Å²) < 4.78 is 4.90. The van der Waals surface area contributed by atoms with Crippen molar-refractivity contribution in [3.8, 4) is 0 Å². The van der Waals surface area contributed by atoms with Gasteiger partial charge in [-0.15, -0.1) is 0 Å². The van der Waals surface area contributed by atoms with Crippen LogP contribution < -0.4 is 5.73 Å². The molecule has 3 nitrogen and oxygen atoms in total. The van der Waals surface area contributed by atoms with Gasteiger partial charge in [-0.25, -0.2) is 0 Å². The van der Waals surface area contributed by atoms with Crippen LogP contribution in [0.1, 0.15) is 33.1 Å². The Morgan fingerprint density at radius 1 is 1.57 bits per heavy atom. The number of nitrogens with one attached hydrogen (secondary N) is 1. The Labute approximate surface area is 86.1 Å². The summed E-state index contributed by atoms with van der Waals surface area (Å²) in [5, 5.41) is 6.77. The van der Waals surface area contributed by atoms with E-state index in [1.807, 2.05) is 6.92 Å². The van der Waals surface area contributed by atoms with Crippen molar-refractivity contribution >= 4 is 6.40 Å². The van der Waals surface area contributed by atoms with E-state index in [-0.39, 0.29) is 0 Å². The van der Waals surface area contributed by atoms with Gasteiger partial charge in [0.25, 0.3) is 0 Å². The third kappa shape index (κ3) is 5.41. The van der Waals surface area contributed by atoms with Crippen LogP contribution >= 0.6 is 0 Å². The minimum Gasteiger partial charge on any atom is -0.479 e. The number of nitrogens with two attached hydrogens (primary N) is 1. The lowest BCUT2D eigenvalue weighted by Crippen LogP contribution is -2.06. The van der Waals surface area contributed by atoms with Crippen molar-refractivity contribution in [1.82, 2.24) is 0 Å². The standard InChI is InChI=1S/C11H20N2O/c1-4-5-9(2)6-11(10(3)13)7-14-8-12/h8,12H,2,4-7,13H2,1,3H3/b11-10-,12-8?. The molecule has 0 unspecified atom stereocenters. The maximum atomic E-state index is 6.77. The summed E-state index contributed by atoms with van der Waals surface area (Å²) in [4.78, 5) is 0. The molecule has 3 N–H and O–H groups in total. The van der Waals surface area contributed by atoms with Crippen LogP contribution in [0, 0.1) is 5.41 Å². The summed E-state index contributed by atoms with van der Waals surface area (Å²) in [7, 11) is 0. The first-order valence-corrected chi connectivity index (χ1v) is 4.83. The average Bonchev–Trinajstić information content (AvgIpc) is 2.12. The van der Waals surface area contributed by atoms with Gasteiger partial charge in [-0.3, -0.25) is 5.41 Å². The van der Waals surface area contributed by atoms with E-state index in [2.05, 4.69) is 13.5 Å². The molecule has 0 bridgehead atoms. The zero-order valence-corrected chi connectivity index (χ0v) is 9.10. The molecule has 0 saturated carbocycles. The minimum absolute atomic E-state index is 0.397. The lowest BCUT2D eigenvalue weighted by atomic mass is 10.0. The van der Waals surface area contributed by atoms with Gasteiger partial charge in [-0.05, 0) is 25.3 Å². The Hall–Kier alpha value is -1.25. The summed E-state index contributed by atoms with van der Waals surface area (Å²) in [5.74, 6) is 0. The number of allylic oxidation sites excluding steroid dienone is 2. The molecule has 0 saturated heterocycles. The molecule has 0 amide bonds. The smallest absolute Gasteiger partial charge is 0.167 e. The zero-order chi connectivity index (χ0) is 11.0. The third-order valence-corrected chi connectivity index (χ3v) is 1.97. The Kier molecular flexibility index (Phi) is 6.54. The third-order valence-electron chi connectivity index (χ3n) is 1.97. The molecular weight excluding hydrogens is 176 g/mol. The molecule has 3 heteroatoms. The van der Waals surface area contributed by atoms with Gasteiger partial charge >= 0.3 is 0 Å². The van der Waals surface area contributed by atoms with Gasteiger partial charge in [0.2, 0.25) is 0 Å². The predicted molar refractivity (Wildman–Crippen MR) is 60.3 cm³/mol. The van der Waals surface area contributed by atoms with E-state index in [1.165, 1.54) is 5.57 Å². The maximum absolute atomic E-state index is 6.77. The van der Waals surface area contributed by atoms with Gasteiger partial charge in [0.05, 0.1) is 0 Å². The Morgan fingerprint density at radius 2 is 2.21 bits per heavy atom. The first kappa shape index (κ1) is 12.8. The quantitative estimate of drug-likeness (QED) is 0.373. The van der Waals surface area contributed by atoms with Crippen LogP contribution in [0.25, 0.3) is 0 Å². The second kappa shape index (κ2) is 7.18. The molecule has 0 aliphatic rings. The van der Waals surface area contributed by atoms with E-state index in [9.17, 15) is 0 Å². The Morgan fingerprint density at radius 3 is 2.64 bits per heavy atom. The largest absolute Gasteiger partial charge is 0.479 e. The van der Waals surface area contributed by atoms with Crippen molar-refractivity contribution in [3.05, 3.63) is 23.4 Å². The van der Waals surface area contributed by atoms with Gasteiger partial charge in [0.15, 0.2) is 6.40 Å². The highest BCUT2D eigenvalue weighted by Gasteiger charge is 2.03. The zero-order valence-electron chi connectivity index (χ0n) is 9.10. The van der Waals surface area contributed by atoms with Crippen LogP contribution in [0.3, 0.4) is 0 Å². The van der Waals surface area contributed by atoms with Crippen molar-refractivity contribution < 1.29 is 4.74 Å². The molecule has 0 aromatic heterocycles. The van der Waals surface area contributed by atoms with E-state index in [1.54, 1.807) is 0 Å².